The SMILES string of the molecule is CCCCOCCn1nc(C)c(CNC(C)(C)C)c1C. The van der Waals surface area contributed by atoms with Gasteiger partial charge in [0.1, 0.15) is 0 Å². The van der Waals surface area contributed by atoms with Crippen LogP contribution >= 0.6 is 0 Å². The molecule has 1 aromatic heterocycles. The highest BCUT2D eigenvalue weighted by Crippen LogP contribution is 2.14. The number of hydrogen-bond donors (Lipinski definition) is 1. The summed E-state index contributed by atoms with van der Waals surface area (Å²) < 4.78 is 7.69. The van der Waals surface area contributed by atoms with Crippen molar-refractivity contribution in [1.29, 1.82) is 0 Å². The van der Waals surface area contributed by atoms with Gasteiger partial charge in [-0.25, -0.2) is 0 Å². The molecule has 4 nitrogen and oxygen atoms in total. The highest BCUT2D eigenvalue weighted by molar-refractivity contribution is 5.24. The molecule has 1 N–H and O–H groups in total. The van der Waals surface area contributed by atoms with Crippen molar-refractivity contribution in [2.75, 3.05) is 13.2 Å². The molecule has 0 aromatic carbocycles. The van der Waals surface area contributed by atoms with Crippen molar-refractivity contribution >= 4 is 0 Å². The second kappa shape index (κ2) is 7.79. The van der Waals surface area contributed by atoms with Crippen LogP contribution < -0.4 is 5.32 Å². The van der Waals surface area contributed by atoms with Crippen LogP contribution in [-0.4, -0.2) is 28.5 Å². The lowest BCUT2D eigenvalue weighted by Crippen LogP contribution is -2.35. The molecule has 1 rings (SSSR count). The van der Waals surface area contributed by atoms with Crippen LogP contribution in [0.15, 0.2) is 0 Å². The Hall–Kier alpha value is -0.870. The number of ether oxygens (including phenoxy) is 1. The molecule has 0 spiro atoms. The van der Waals surface area contributed by atoms with Crippen LogP contribution in [0.4, 0.5) is 0 Å². The zero-order valence-corrected chi connectivity index (χ0v) is 14.0. The summed E-state index contributed by atoms with van der Waals surface area (Å²) in [5.41, 5.74) is 3.81. The molecule has 4 heteroatoms. The Kier molecular flexibility index (Phi) is 6.69. The zero-order valence-electron chi connectivity index (χ0n) is 14.0. The van der Waals surface area contributed by atoms with Crippen molar-refractivity contribution in [2.24, 2.45) is 0 Å². The lowest BCUT2D eigenvalue weighted by atomic mass is 10.1. The first-order valence-electron chi connectivity index (χ1n) is 7.71. The van der Waals surface area contributed by atoms with E-state index < -0.39 is 0 Å². The summed E-state index contributed by atoms with van der Waals surface area (Å²) in [7, 11) is 0. The standard InChI is InChI=1S/C16H31N3O/c1-7-8-10-20-11-9-19-14(3)15(13(2)18-19)12-17-16(4,5)6/h17H,7-12H2,1-6H3. The number of nitrogens with one attached hydrogen (secondary N) is 1. The third-order valence-electron chi connectivity index (χ3n) is 3.42. The Morgan fingerprint density at radius 3 is 2.50 bits per heavy atom. The number of aryl methyl sites for hydroxylation is 1. The van der Waals surface area contributed by atoms with Gasteiger partial charge < -0.3 is 10.1 Å². The van der Waals surface area contributed by atoms with Crippen molar-refractivity contribution in [3.05, 3.63) is 17.0 Å². The number of unbranched alkanes of at least 4 members (excludes halogenated alkanes) is 1. The Morgan fingerprint density at radius 1 is 1.20 bits per heavy atom. The average Bonchev–Trinajstić information content (AvgIpc) is 2.61. The lowest BCUT2D eigenvalue weighted by Gasteiger charge is -2.20. The van der Waals surface area contributed by atoms with Crippen LogP contribution in [0.2, 0.25) is 0 Å². The summed E-state index contributed by atoms with van der Waals surface area (Å²) in [4.78, 5) is 0. The molecule has 0 aliphatic carbocycles. The van der Waals surface area contributed by atoms with E-state index in [9.17, 15) is 0 Å². The van der Waals surface area contributed by atoms with E-state index in [0.717, 1.165) is 38.4 Å². The third kappa shape index (κ3) is 5.63. The van der Waals surface area contributed by atoms with E-state index in [1.165, 1.54) is 17.7 Å². The lowest BCUT2D eigenvalue weighted by molar-refractivity contribution is 0.120. The van der Waals surface area contributed by atoms with Crippen LogP contribution in [0.3, 0.4) is 0 Å². The van der Waals surface area contributed by atoms with E-state index in [1.54, 1.807) is 0 Å². The van der Waals surface area contributed by atoms with Gasteiger partial charge in [-0.15, -0.1) is 0 Å². The maximum absolute atomic E-state index is 5.62. The van der Waals surface area contributed by atoms with Gasteiger partial charge >= 0.3 is 0 Å². The van der Waals surface area contributed by atoms with Crippen LogP contribution in [0.25, 0.3) is 0 Å². The Morgan fingerprint density at radius 2 is 1.90 bits per heavy atom. The van der Waals surface area contributed by atoms with E-state index in [-0.39, 0.29) is 5.54 Å². The van der Waals surface area contributed by atoms with Gasteiger partial charge in [0.25, 0.3) is 0 Å². The van der Waals surface area contributed by atoms with Crippen molar-refractivity contribution in [3.8, 4) is 0 Å². The molecule has 0 atom stereocenters. The zero-order chi connectivity index (χ0) is 15.2. The second-order valence-electron chi connectivity index (χ2n) is 6.44. The minimum Gasteiger partial charge on any atom is -0.380 e. The molecule has 20 heavy (non-hydrogen) atoms. The van der Waals surface area contributed by atoms with Gasteiger partial charge in [-0.1, -0.05) is 13.3 Å². The highest BCUT2D eigenvalue weighted by Gasteiger charge is 2.14. The van der Waals surface area contributed by atoms with Crippen LogP contribution in [-0.2, 0) is 17.8 Å². The number of rotatable bonds is 8. The first kappa shape index (κ1) is 17.2. The summed E-state index contributed by atoms with van der Waals surface area (Å²) in [6.45, 7) is 16.3. The average molecular weight is 281 g/mol. The van der Waals surface area contributed by atoms with Crippen LogP contribution in [0.1, 0.15) is 57.5 Å². The van der Waals surface area contributed by atoms with E-state index in [0.29, 0.717) is 0 Å². The van der Waals surface area contributed by atoms with E-state index >= 15 is 0 Å². The summed E-state index contributed by atoms with van der Waals surface area (Å²) in [6.07, 6.45) is 2.32. The Labute approximate surface area is 123 Å². The minimum atomic E-state index is 0.129. The molecule has 0 amide bonds. The number of aromatic nitrogens is 2. The quantitative estimate of drug-likeness (QED) is 0.744. The number of hydrogen-bond acceptors (Lipinski definition) is 3. The van der Waals surface area contributed by atoms with Gasteiger partial charge in [-0.3, -0.25) is 4.68 Å². The van der Waals surface area contributed by atoms with Crippen LogP contribution in [0.5, 0.6) is 0 Å². The predicted molar refractivity (Wildman–Crippen MR) is 84.0 cm³/mol. The van der Waals surface area contributed by atoms with Gasteiger partial charge in [-0.05, 0) is 41.0 Å². The fourth-order valence-corrected chi connectivity index (χ4v) is 2.06. The molecule has 0 unspecified atom stereocenters. The molecule has 1 heterocycles. The molecule has 0 aliphatic heterocycles. The van der Waals surface area contributed by atoms with Gasteiger partial charge in [0, 0.05) is 29.9 Å². The molecular weight excluding hydrogens is 250 g/mol. The van der Waals surface area contributed by atoms with Gasteiger partial charge in [-0.2, -0.15) is 5.10 Å². The van der Waals surface area contributed by atoms with E-state index in [4.69, 9.17) is 4.74 Å². The molecule has 1 aromatic rings. The first-order valence-corrected chi connectivity index (χ1v) is 7.71. The molecule has 0 saturated carbocycles. The summed E-state index contributed by atoms with van der Waals surface area (Å²) >= 11 is 0. The molecule has 0 radical (unpaired) electrons. The predicted octanol–water partition coefficient (Wildman–Crippen LogP) is 3.20. The normalized spacial score (nSPS) is 12.1. The third-order valence-corrected chi connectivity index (χ3v) is 3.42. The molecule has 0 fully saturated rings. The van der Waals surface area contributed by atoms with Crippen molar-refractivity contribution < 1.29 is 4.74 Å². The van der Waals surface area contributed by atoms with Gasteiger partial charge in [0.15, 0.2) is 0 Å². The molecule has 0 bridgehead atoms. The minimum absolute atomic E-state index is 0.129. The topological polar surface area (TPSA) is 39.1 Å². The monoisotopic (exact) mass is 281 g/mol. The van der Waals surface area contributed by atoms with Gasteiger partial charge in [0.05, 0.1) is 18.8 Å². The Bertz CT molecular complexity index is 405. The maximum atomic E-state index is 5.62. The summed E-state index contributed by atoms with van der Waals surface area (Å²) in [5.74, 6) is 0. The van der Waals surface area contributed by atoms with E-state index in [1.807, 2.05) is 0 Å². The molecule has 0 saturated heterocycles. The highest BCUT2D eigenvalue weighted by atomic mass is 16.5. The van der Waals surface area contributed by atoms with Crippen molar-refractivity contribution in [3.63, 3.8) is 0 Å². The summed E-state index contributed by atoms with van der Waals surface area (Å²) in [5, 5.41) is 8.16. The molecule has 116 valence electrons. The van der Waals surface area contributed by atoms with Gasteiger partial charge in [0.2, 0.25) is 0 Å². The first-order chi connectivity index (χ1) is 9.35. The van der Waals surface area contributed by atoms with E-state index in [2.05, 4.69) is 56.6 Å². The fourth-order valence-electron chi connectivity index (χ4n) is 2.06. The summed E-state index contributed by atoms with van der Waals surface area (Å²) in [6, 6.07) is 0. The fraction of sp³-hybridized carbons (Fsp3) is 0.812. The largest absolute Gasteiger partial charge is 0.380 e. The molecule has 0 aliphatic rings. The van der Waals surface area contributed by atoms with Crippen molar-refractivity contribution in [2.45, 2.75) is 73.0 Å². The molecular formula is C16H31N3O. The smallest absolute Gasteiger partial charge is 0.0662 e. The maximum Gasteiger partial charge on any atom is 0.0662 e. The van der Waals surface area contributed by atoms with Crippen molar-refractivity contribution in [1.82, 2.24) is 15.1 Å². The van der Waals surface area contributed by atoms with Crippen LogP contribution in [0, 0.1) is 13.8 Å². The Balaban J connectivity index is 2.53. The second-order valence-corrected chi connectivity index (χ2v) is 6.44. The number of nitrogens with zero attached hydrogens (tertiary/aromatic N) is 2.